The Morgan fingerprint density at radius 3 is 2.35 bits per heavy atom. The lowest BCUT2D eigenvalue weighted by Crippen LogP contribution is -2.42. The minimum absolute atomic E-state index is 0.225. The number of fused-ring (bicyclic) bond motifs is 2. The maximum atomic E-state index is 12.2. The highest BCUT2D eigenvalue weighted by Crippen LogP contribution is 2.33. The van der Waals surface area contributed by atoms with Gasteiger partial charge in [0.15, 0.2) is 0 Å². The smallest absolute Gasteiger partial charge is 0.220 e. The molecule has 2 saturated heterocycles. The molecule has 2 bridgehead atoms. The third-order valence-electron chi connectivity index (χ3n) is 5.37. The van der Waals surface area contributed by atoms with Gasteiger partial charge in [0, 0.05) is 29.8 Å². The van der Waals surface area contributed by atoms with Crippen molar-refractivity contribution >= 4 is 17.7 Å². The third-order valence-corrected chi connectivity index (χ3v) is 6.96. The van der Waals surface area contributed by atoms with Crippen LogP contribution in [0.4, 0.5) is 0 Å². The average Bonchev–Trinajstić information content (AvgIpc) is 2.80. The Kier molecular flexibility index (Phi) is 5.79. The monoisotopic (exact) mass is 298 g/mol. The Morgan fingerprint density at radius 2 is 1.85 bits per heavy atom. The zero-order chi connectivity index (χ0) is 14.6. The number of amides is 1. The van der Waals surface area contributed by atoms with Crippen LogP contribution >= 0.6 is 11.8 Å². The van der Waals surface area contributed by atoms with Gasteiger partial charge >= 0.3 is 0 Å². The lowest BCUT2D eigenvalue weighted by atomic mass is 9.89. The Bertz CT molecular complexity index is 310. The van der Waals surface area contributed by atoms with E-state index in [1.807, 2.05) is 11.8 Å². The quantitative estimate of drug-likeness (QED) is 0.759. The van der Waals surface area contributed by atoms with E-state index in [4.69, 9.17) is 0 Å². The van der Waals surface area contributed by atoms with Gasteiger partial charge < -0.3 is 10.6 Å². The van der Waals surface area contributed by atoms with E-state index in [0.717, 1.165) is 25.8 Å². The summed E-state index contributed by atoms with van der Waals surface area (Å²) in [7, 11) is 0. The van der Waals surface area contributed by atoms with Crippen LogP contribution in [0.1, 0.15) is 58.8 Å². The van der Waals surface area contributed by atoms with Gasteiger partial charge in [0.25, 0.3) is 0 Å². The number of nitrogens with one attached hydrogen (secondary N) is 2. The molecule has 116 valence electrons. The van der Waals surface area contributed by atoms with Gasteiger partial charge in [0.1, 0.15) is 0 Å². The summed E-state index contributed by atoms with van der Waals surface area (Å²) in [5.74, 6) is 0.859. The number of carbonyl (C=O) groups is 1. The first-order chi connectivity index (χ1) is 9.60. The van der Waals surface area contributed by atoms with Crippen molar-refractivity contribution in [1.82, 2.24) is 10.6 Å². The molecule has 20 heavy (non-hydrogen) atoms. The molecule has 0 aromatic rings. The molecule has 2 unspecified atom stereocenters. The number of hydrogen-bond acceptors (Lipinski definition) is 3. The summed E-state index contributed by atoms with van der Waals surface area (Å²) in [6.45, 7) is 5.26. The van der Waals surface area contributed by atoms with E-state index in [9.17, 15) is 4.79 Å². The standard InChI is InChI=1S/C16H30N2OS/c1-4-16(5-2,20-3)11-17-15(19)10-12-8-13-6-7-14(9-12)18-13/h12-14,18H,4-11H2,1-3H3,(H,17,19). The molecule has 0 aromatic heterocycles. The van der Waals surface area contributed by atoms with Crippen molar-refractivity contribution in [2.75, 3.05) is 12.8 Å². The van der Waals surface area contributed by atoms with Gasteiger partial charge in [0.05, 0.1) is 0 Å². The van der Waals surface area contributed by atoms with Gasteiger partial charge in [0.2, 0.25) is 5.91 Å². The first-order valence-electron chi connectivity index (χ1n) is 8.18. The molecule has 3 nitrogen and oxygen atoms in total. The molecule has 0 radical (unpaired) electrons. The second kappa shape index (κ2) is 7.17. The molecule has 2 N–H and O–H groups in total. The predicted molar refractivity (Wildman–Crippen MR) is 87.1 cm³/mol. The molecule has 2 aliphatic heterocycles. The molecule has 0 aliphatic carbocycles. The highest BCUT2D eigenvalue weighted by Gasteiger charge is 2.34. The van der Waals surface area contributed by atoms with Crippen LogP contribution in [0.15, 0.2) is 0 Å². The van der Waals surface area contributed by atoms with Crippen molar-refractivity contribution in [2.24, 2.45) is 5.92 Å². The Morgan fingerprint density at radius 1 is 1.25 bits per heavy atom. The van der Waals surface area contributed by atoms with Gasteiger partial charge in [-0.3, -0.25) is 4.79 Å². The van der Waals surface area contributed by atoms with Gasteiger partial charge in [-0.05, 0) is 50.7 Å². The number of rotatable bonds is 7. The fourth-order valence-electron chi connectivity index (χ4n) is 3.80. The molecule has 0 aromatic carbocycles. The van der Waals surface area contributed by atoms with Crippen LogP contribution in [0.25, 0.3) is 0 Å². The van der Waals surface area contributed by atoms with Gasteiger partial charge in [-0.1, -0.05) is 13.8 Å². The van der Waals surface area contributed by atoms with Gasteiger partial charge in [-0.15, -0.1) is 0 Å². The third kappa shape index (κ3) is 3.91. The normalized spacial score (nSPS) is 29.4. The fraction of sp³-hybridized carbons (Fsp3) is 0.938. The minimum Gasteiger partial charge on any atom is -0.355 e. The van der Waals surface area contributed by atoms with Crippen molar-refractivity contribution in [3.63, 3.8) is 0 Å². The van der Waals surface area contributed by atoms with E-state index in [2.05, 4.69) is 30.7 Å². The van der Waals surface area contributed by atoms with Crippen LogP contribution in [0.3, 0.4) is 0 Å². The number of thioether (sulfide) groups is 1. The van der Waals surface area contributed by atoms with E-state index in [1.165, 1.54) is 25.7 Å². The van der Waals surface area contributed by atoms with Crippen LogP contribution in [0.2, 0.25) is 0 Å². The molecular weight excluding hydrogens is 268 g/mol. The first-order valence-corrected chi connectivity index (χ1v) is 9.41. The summed E-state index contributed by atoms with van der Waals surface area (Å²) >= 11 is 1.89. The lowest BCUT2D eigenvalue weighted by Gasteiger charge is -2.31. The van der Waals surface area contributed by atoms with Crippen molar-refractivity contribution in [3.05, 3.63) is 0 Å². The Hall–Kier alpha value is -0.220. The topological polar surface area (TPSA) is 41.1 Å². The van der Waals surface area contributed by atoms with Crippen LogP contribution < -0.4 is 10.6 Å². The first kappa shape index (κ1) is 16.2. The molecule has 1 amide bonds. The van der Waals surface area contributed by atoms with Gasteiger partial charge in [-0.2, -0.15) is 11.8 Å². The van der Waals surface area contributed by atoms with Gasteiger partial charge in [-0.25, -0.2) is 0 Å². The highest BCUT2D eigenvalue weighted by atomic mass is 32.2. The molecule has 2 heterocycles. The zero-order valence-electron chi connectivity index (χ0n) is 13.2. The molecule has 4 heteroatoms. The maximum absolute atomic E-state index is 12.2. The van der Waals surface area contributed by atoms with Crippen LogP contribution in [0, 0.1) is 5.92 Å². The minimum atomic E-state index is 0.225. The maximum Gasteiger partial charge on any atom is 0.220 e. The SMILES string of the molecule is CCC(CC)(CNC(=O)CC1CC2CCC(C1)N2)SC. The zero-order valence-corrected chi connectivity index (χ0v) is 14.0. The molecule has 0 saturated carbocycles. The van der Waals surface area contributed by atoms with Crippen LogP contribution in [-0.4, -0.2) is 35.5 Å². The predicted octanol–water partition coefficient (Wildman–Crippen LogP) is 2.95. The lowest BCUT2D eigenvalue weighted by molar-refractivity contribution is -0.122. The summed E-state index contributed by atoms with van der Waals surface area (Å²) in [5.41, 5.74) is 0. The Labute approximate surface area is 128 Å². The van der Waals surface area contributed by atoms with E-state index >= 15 is 0 Å². The summed E-state index contributed by atoms with van der Waals surface area (Å²) in [6.07, 6.45) is 10.1. The second-order valence-electron chi connectivity index (χ2n) is 6.55. The largest absolute Gasteiger partial charge is 0.355 e. The molecule has 2 rings (SSSR count). The highest BCUT2D eigenvalue weighted by molar-refractivity contribution is 8.00. The molecule has 2 aliphatic rings. The number of carbonyl (C=O) groups excluding carboxylic acids is 1. The van der Waals surface area contributed by atoms with Crippen molar-refractivity contribution in [1.29, 1.82) is 0 Å². The van der Waals surface area contributed by atoms with Crippen LogP contribution in [0.5, 0.6) is 0 Å². The van der Waals surface area contributed by atoms with Crippen molar-refractivity contribution < 1.29 is 4.79 Å². The van der Waals surface area contributed by atoms with Crippen LogP contribution in [-0.2, 0) is 4.79 Å². The van der Waals surface area contributed by atoms with E-state index < -0.39 is 0 Å². The van der Waals surface area contributed by atoms with Crippen molar-refractivity contribution in [3.8, 4) is 0 Å². The molecule has 2 fully saturated rings. The number of piperidine rings is 1. The molecule has 2 atom stereocenters. The summed E-state index contributed by atoms with van der Waals surface area (Å²) in [5, 5.41) is 6.84. The molecular formula is C16H30N2OS. The van der Waals surface area contributed by atoms with E-state index in [-0.39, 0.29) is 10.7 Å². The average molecular weight is 298 g/mol. The summed E-state index contributed by atoms with van der Waals surface area (Å²) in [6, 6.07) is 1.37. The second-order valence-corrected chi connectivity index (χ2v) is 7.82. The fourth-order valence-corrected chi connectivity index (χ4v) is 4.59. The van der Waals surface area contributed by atoms with E-state index in [1.54, 1.807) is 0 Å². The summed E-state index contributed by atoms with van der Waals surface area (Å²) in [4.78, 5) is 12.2. The van der Waals surface area contributed by atoms with Crippen molar-refractivity contribution in [2.45, 2.75) is 75.6 Å². The molecule has 0 spiro atoms. The summed E-state index contributed by atoms with van der Waals surface area (Å²) < 4.78 is 0.225. The number of hydrogen-bond donors (Lipinski definition) is 2. The van der Waals surface area contributed by atoms with E-state index in [0.29, 0.717) is 18.0 Å². The Balaban J connectivity index is 1.75.